The third-order valence-corrected chi connectivity index (χ3v) is 4.18. The van der Waals surface area contributed by atoms with Gasteiger partial charge in [-0.1, -0.05) is 39.0 Å². The van der Waals surface area contributed by atoms with E-state index in [2.05, 4.69) is 26.1 Å². The van der Waals surface area contributed by atoms with E-state index in [-0.39, 0.29) is 17.7 Å². The van der Waals surface area contributed by atoms with Gasteiger partial charge >= 0.3 is 0 Å². The second-order valence-electron chi connectivity index (χ2n) is 6.36. The Bertz CT molecular complexity index is 540. The Morgan fingerprint density at radius 3 is 2.77 bits per heavy atom. The number of hydrogen-bond acceptors (Lipinski definition) is 2. The monoisotopic (exact) mass is 302 g/mol. The standard InChI is InChI=1S/C18H26N2O2/c1-4-14-7-5-6-8-16(14)20-12-15(11-17(20)21)18(22)19-10-9-13(2)3/h5-8,13,15H,4,9-12H2,1-3H3,(H,19,22). The molecule has 4 nitrogen and oxygen atoms in total. The highest BCUT2D eigenvalue weighted by Crippen LogP contribution is 2.28. The van der Waals surface area contributed by atoms with Crippen LogP contribution in [0, 0.1) is 11.8 Å². The maximum atomic E-state index is 12.3. The van der Waals surface area contributed by atoms with Gasteiger partial charge in [0.15, 0.2) is 0 Å². The number of nitrogens with one attached hydrogen (secondary N) is 1. The first-order chi connectivity index (χ1) is 10.5. The summed E-state index contributed by atoms with van der Waals surface area (Å²) in [6.45, 7) is 7.52. The summed E-state index contributed by atoms with van der Waals surface area (Å²) in [6.07, 6.45) is 2.16. The number of hydrogen-bond donors (Lipinski definition) is 1. The number of anilines is 1. The van der Waals surface area contributed by atoms with Crippen molar-refractivity contribution in [3.05, 3.63) is 29.8 Å². The van der Waals surface area contributed by atoms with Crippen LogP contribution in [0.2, 0.25) is 0 Å². The van der Waals surface area contributed by atoms with Crippen molar-refractivity contribution in [2.75, 3.05) is 18.0 Å². The molecule has 1 fully saturated rings. The Labute approximate surface area is 132 Å². The predicted molar refractivity (Wildman–Crippen MR) is 88.7 cm³/mol. The quantitative estimate of drug-likeness (QED) is 0.878. The van der Waals surface area contributed by atoms with Crippen molar-refractivity contribution in [1.29, 1.82) is 0 Å². The minimum atomic E-state index is -0.232. The lowest BCUT2D eigenvalue weighted by atomic mass is 10.1. The van der Waals surface area contributed by atoms with Crippen LogP contribution >= 0.6 is 0 Å². The van der Waals surface area contributed by atoms with Gasteiger partial charge in [-0.15, -0.1) is 0 Å². The highest BCUT2D eigenvalue weighted by Gasteiger charge is 2.35. The number of carbonyl (C=O) groups excluding carboxylic acids is 2. The SMILES string of the molecule is CCc1ccccc1N1CC(C(=O)NCCC(C)C)CC1=O. The molecule has 1 saturated heterocycles. The molecule has 0 radical (unpaired) electrons. The van der Waals surface area contributed by atoms with Crippen molar-refractivity contribution >= 4 is 17.5 Å². The van der Waals surface area contributed by atoms with Crippen LogP contribution < -0.4 is 10.2 Å². The summed E-state index contributed by atoms with van der Waals surface area (Å²) in [5, 5.41) is 2.96. The number of para-hydroxylation sites is 1. The van der Waals surface area contributed by atoms with Crippen molar-refractivity contribution in [3.63, 3.8) is 0 Å². The first-order valence-electron chi connectivity index (χ1n) is 8.18. The zero-order valence-corrected chi connectivity index (χ0v) is 13.8. The molecule has 1 aromatic carbocycles. The summed E-state index contributed by atoms with van der Waals surface area (Å²) < 4.78 is 0. The molecule has 0 saturated carbocycles. The fourth-order valence-electron chi connectivity index (χ4n) is 2.82. The maximum Gasteiger partial charge on any atom is 0.227 e. The van der Waals surface area contributed by atoms with Crippen LogP contribution in [0.5, 0.6) is 0 Å². The largest absolute Gasteiger partial charge is 0.356 e. The molecule has 1 aromatic rings. The minimum absolute atomic E-state index is 0.00507. The van der Waals surface area contributed by atoms with Gasteiger partial charge < -0.3 is 10.2 Å². The summed E-state index contributed by atoms with van der Waals surface area (Å²) in [6, 6.07) is 7.94. The number of rotatable bonds is 6. The third kappa shape index (κ3) is 3.87. The van der Waals surface area contributed by atoms with Gasteiger partial charge in [-0.2, -0.15) is 0 Å². The fourth-order valence-corrected chi connectivity index (χ4v) is 2.82. The van der Waals surface area contributed by atoms with Crippen molar-refractivity contribution in [2.45, 2.75) is 40.0 Å². The van der Waals surface area contributed by atoms with Crippen LogP contribution in [0.1, 0.15) is 39.2 Å². The van der Waals surface area contributed by atoms with E-state index in [1.54, 1.807) is 4.90 Å². The lowest BCUT2D eigenvalue weighted by Gasteiger charge is -2.20. The van der Waals surface area contributed by atoms with E-state index in [4.69, 9.17) is 0 Å². The van der Waals surface area contributed by atoms with Crippen LogP contribution in [0.4, 0.5) is 5.69 Å². The summed E-state index contributed by atoms with van der Waals surface area (Å²) in [5.41, 5.74) is 2.10. The number of carbonyl (C=O) groups is 2. The summed E-state index contributed by atoms with van der Waals surface area (Å²) in [4.78, 5) is 26.3. The van der Waals surface area contributed by atoms with Gasteiger partial charge in [0.1, 0.15) is 0 Å². The van der Waals surface area contributed by atoms with E-state index < -0.39 is 0 Å². The number of benzene rings is 1. The van der Waals surface area contributed by atoms with E-state index in [0.29, 0.717) is 25.4 Å². The topological polar surface area (TPSA) is 49.4 Å². The Balaban J connectivity index is 2.00. The van der Waals surface area contributed by atoms with Gasteiger partial charge in [0.25, 0.3) is 0 Å². The van der Waals surface area contributed by atoms with E-state index in [1.165, 1.54) is 0 Å². The lowest BCUT2D eigenvalue weighted by molar-refractivity contribution is -0.126. The Kier molecular flexibility index (Phi) is 5.58. The molecule has 1 aliphatic rings. The summed E-state index contributed by atoms with van der Waals surface area (Å²) >= 11 is 0. The summed E-state index contributed by atoms with van der Waals surface area (Å²) in [7, 11) is 0. The van der Waals surface area contributed by atoms with E-state index in [9.17, 15) is 9.59 Å². The normalized spacial score (nSPS) is 18.1. The van der Waals surface area contributed by atoms with Crippen molar-refractivity contribution < 1.29 is 9.59 Å². The van der Waals surface area contributed by atoms with Gasteiger partial charge in [-0.05, 0) is 30.4 Å². The molecular formula is C18H26N2O2. The second-order valence-corrected chi connectivity index (χ2v) is 6.36. The van der Waals surface area contributed by atoms with Crippen LogP contribution in [-0.2, 0) is 16.0 Å². The minimum Gasteiger partial charge on any atom is -0.356 e. The lowest BCUT2D eigenvalue weighted by Crippen LogP contribution is -2.34. The molecule has 0 aromatic heterocycles. The van der Waals surface area contributed by atoms with E-state index in [0.717, 1.165) is 24.1 Å². The number of amides is 2. The highest BCUT2D eigenvalue weighted by atomic mass is 16.2. The van der Waals surface area contributed by atoms with Crippen molar-refractivity contribution in [1.82, 2.24) is 5.32 Å². The molecule has 1 atom stereocenters. The second kappa shape index (κ2) is 7.43. The first kappa shape index (κ1) is 16.5. The van der Waals surface area contributed by atoms with Gasteiger partial charge in [0, 0.05) is 25.2 Å². The molecule has 4 heteroatoms. The molecule has 0 spiro atoms. The van der Waals surface area contributed by atoms with E-state index >= 15 is 0 Å². The van der Waals surface area contributed by atoms with Gasteiger partial charge in [0.05, 0.1) is 5.92 Å². The molecule has 0 aliphatic carbocycles. The van der Waals surface area contributed by atoms with Crippen LogP contribution in [0.3, 0.4) is 0 Å². The molecule has 22 heavy (non-hydrogen) atoms. The molecule has 1 unspecified atom stereocenters. The molecule has 1 N–H and O–H groups in total. The van der Waals surface area contributed by atoms with Crippen LogP contribution in [0.15, 0.2) is 24.3 Å². The van der Waals surface area contributed by atoms with Gasteiger partial charge in [-0.25, -0.2) is 0 Å². The van der Waals surface area contributed by atoms with Gasteiger partial charge in [0.2, 0.25) is 11.8 Å². The Hall–Kier alpha value is -1.84. The first-order valence-corrected chi connectivity index (χ1v) is 8.18. The molecule has 2 rings (SSSR count). The predicted octanol–water partition coefficient (Wildman–Crippen LogP) is 2.76. The van der Waals surface area contributed by atoms with Crippen LogP contribution in [-0.4, -0.2) is 24.9 Å². The highest BCUT2D eigenvalue weighted by molar-refractivity contribution is 6.00. The third-order valence-electron chi connectivity index (χ3n) is 4.18. The fraction of sp³-hybridized carbons (Fsp3) is 0.556. The molecule has 1 heterocycles. The van der Waals surface area contributed by atoms with Gasteiger partial charge in [-0.3, -0.25) is 9.59 Å². The van der Waals surface area contributed by atoms with Crippen molar-refractivity contribution in [2.24, 2.45) is 11.8 Å². The van der Waals surface area contributed by atoms with E-state index in [1.807, 2.05) is 24.3 Å². The number of nitrogens with zero attached hydrogens (tertiary/aromatic N) is 1. The van der Waals surface area contributed by atoms with Crippen molar-refractivity contribution in [3.8, 4) is 0 Å². The maximum absolute atomic E-state index is 12.3. The number of aryl methyl sites for hydroxylation is 1. The molecule has 1 aliphatic heterocycles. The van der Waals surface area contributed by atoms with Crippen LogP contribution in [0.25, 0.3) is 0 Å². The molecule has 2 amide bonds. The zero-order chi connectivity index (χ0) is 16.1. The average Bonchev–Trinajstić information content (AvgIpc) is 2.88. The molecular weight excluding hydrogens is 276 g/mol. The molecule has 120 valence electrons. The summed E-state index contributed by atoms with van der Waals surface area (Å²) in [5.74, 6) is 0.387. The smallest absolute Gasteiger partial charge is 0.227 e. The average molecular weight is 302 g/mol. The zero-order valence-electron chi connectivity index (χ0n) is 13.8. The molecule has 0 bridgehead atoms. The Morgan fingerprint density at radius 1 is 1.36 bits per heavy atom. The Morgan fingerprint density at radius 2 is 2.09 bits per heavy atom.